The van der Waals surface area contributed by atoms with Crippen LogP contribution in [-0.4, -0.2) is 15.2 Å². The highest BCUT2D eigenvalue weighted by Gasteiger charge is 2.06. The summed E-state index contributed by atoms with van der Waals surface area (Å²) in [5.74, 6) is 0.790. The molecule has 0 amide bonds. The molecule has 0 aliphatic carbocycles. The maximum Gasteiger partial charge on any atom is 0.141 e. The van der Waals surface area contributed by atoms with Crippen molar-refractivity contribution >= 4 is 0 Å². The molecule has 4 nitrogen and oxygen atoms in total. The van der Waals surface area contributed by atoms with E-state index in [0.29, 0.717) is 0 Å². The van der Waals surface area contributed by atoms with Crippen LogP contribution in [0.25, 0.3) is 0 Å². The highest BCUT2D eigenvalue weighted by Crippen LogP contribution is 2.10. The number of nitrogens with two attached hydrogens (primary N) is 1. The van der Waals surface area contributed by atoms with Crippen molar-refractivity contribution in [3.63, 3.8) is 0 Å². The molecule has 11 heavy (non-hydrogen) atoms. The molecule has 1 rings (SSSR count). The average Bonchev–Trinajstić information content (AvgIpc) is 2.52. The van der Waals surface area contributed by atoms with Crippen molar-refractivity contribution in [2.24, 2.45) is 5.73 Å². The minimum absolute atomic E-state index is 0.0254. The van der Waals surface area contributed by atoms with Crippen molar-refractivity contribution in [3.8, 4) is 0 Å². The second-order valence-electron chi connectivity index (χ2n) is 2.62. The molecule has 1 aromatic heterocycles. The monoisotopic (exact) mass is 154 g/mol. The van der Waals surface area contributed by atoms with Gasteiger partial charge in [0.05, 0.1) is 6.04 Å². The molecule has 0 aromatic carbocycles. The van der Waals surface area contributed by atoms with Crippen molar-refractivity contribution in [2.45, 2.75) is 32.2 Å². The minimum atomic E-state index is 0.0254. The van der Waals surface area contributed by atoms with Crippen LogP contribution in [0.5, 0.6) is 0 Å². The van der Waals surface area contributed by atoms with Gasteiger partial charge in [-0.3, -0.25) is 5.10 Å². The molecule has 0 saturated carbocycles. The van der Waals surface area contributed by atoms with E-state index in [4.69, 9.17) is 5.73 Å². The van der Waals surface area contributed by atoms with Gasteiger partial charge in [0.25, 0.3) is 0 Å². The molecular formula is C7H14N4. The van der Waals surface area contributed by atoms with Gasteiger partial charge in [-0.15, -0.1) is 0 Å². The predicted molar refractivity (Wildman–Crippen MR) is 42.8 cm³/mol. The van der Waals surface area contributed by atoms with Crippen LogP contribution in [0.15, 0.2) is 6.33 Å². The largest absolute Gasteiger partial charge is 0.321 e. The summed E-state index contributed by atoms with van der Waals surface area (Å²) in [7, 11) is 0. The molecule has 1 atom stereocenters. The molecule has 0 spiro atoms. The zero-order valence-electron chi connectivity index (χ0n) is 6.75. The van der Waals surface area contributed by atoms with E-state index in [0.717, 1.165) is 18.7 Å². The van der Waals surface area contributed by atoms with Crippen molar-refractivity contribution in [3.05, 3.63) is 12.2 Å². The number of nitrogens with one attached hydrogen (secondary N) is 1. The summed E-state index contributed by atoms with van der Waals surface area (Å²) in [6, 6.07) is 0.0254. The first-order valence-corrected chi connectivity index (χ1v) is 3.95. The molecule has 62 valence electrons. The maximum atomic E-state index is 5.79. The molecule has 0 unspecified atom stereocenters. The smallest absolute Gasteiger partial charge is 0.141 e. The van der Waals surface area contributed by atoms with Gasteiger partial charge >= 0.3 is 0 Å². The van der Waals surface area contributed by atoms with Crippen molar-refractivity contribution in [2.75, 3.05) is 0 Å². The fraction of sp³-hybridized carbons (Fsp3) is 0.714. The van der Waals surface area contributed by atoms with Gasteiger partial charge in [-0.2, -0.15) is 5.10 Å². The Hall–Kier alpha value is -0.900. The normalized spacial score (nSPS) is 13.3. The van der Waals surface area contributed by atoms with Crippen molar-refractivity contribution < 1.29 is 0 Å². The van der Waals surface area contributed by atoms with Crippen LogP contribution in [0.1, 0.15) is 38.1 Å². The van der Waals surface area contributed by atoms with Crippen LogP contribution in [0.3, 0.4) is 0 Å². The third-order valence-electron chi connectivity index (χ3n) is 1.65. The molecule has 0 fully saturated rings. The lowest BCUT2D eigenvalue weighted by Gasteiger charge is -2.05. The summed E-state index contributed by atoms with van der Waals surface area (Å²) in [5.41, 5.74) is 5.79. The lowest BCUT2D eigenvalue weighted by molar-refractivity contribution is 0.577. The van der Waals surface area contributed by atoms with Gasteiger partial charge in [0.15, 0.2) is 0 Å². The predicted octanol–water partition coefficient (Wildman–Crippen LogP) is 0.995. The molecule has 0 radical (unpaired) electrons. The van der Waals surface area contributed by atoms with Gasteiger partial charge in [0.1, 0.15) is 12.2 Å². The Morgan fingerprint density at radius 1 is 1.73 bits per heavy atom. The number of nitrogens with zero attached hydrogens (tertiary/aromatic N) is 2. The number of aromatic nitrogens is 3. The number of unbranched alkanes of at least 4 members (excludes halogenated alkanes) is 1. The van der Waals surface area contributed by atoms with E-state index in [1.807, 2.05) is 0 Å². The number of H-pyrrole nitrogens is 1. The lowest BCUT2D eigenvalue weighted by atomic mass is 10.1. The van der Waals surface area contributed by atoms with Gasteiger partial charge < -0.3 is 5.73 Å². The van der Waals surface area contributed by atoms with E-state index in [-0.39, 0.29) is 6.04 Å². The lowest BCUT2D eigenvalue weighted by Crippen LogP contribution is -2.11. The highest BCUT2D eigenvalue weighted by atomic mass is 15.2. The van der Waals surface area contributed by atoms with Crippen LogP contribution < -0.4 is 5.73 Å². The fourth-order valence-electron chi connectivity index (χ4n) is 0.954. The summed E-state index contributed by atoms with van der Waals surface area (Å²) in [6.07, 6.45) is 4.77. The standard InChI is InChI=1S/C7H14N4/c1-2-3-4-6(8)7-9-5-10-11-7/h5-6H,2-4,8H2,1H3,(H,9,10,11)/t6-/m0/s1. The molecule has 3 N–H and O–H groups in total. The van der Waals surface area contributed by atoms with Gasteiger partial charge in [-0.25, -0.2) is 4.98 Å². The molecule has 0 bridgehead atoms. The molecule has 0 saturated heterocycles. The van der Waals surface area contributed by atoms with Gasteiger partial charge in [0.2, 0.25) is 0 Å². The molecule has 0 aliphatic rings. The summed E-state index contributed by atoms with van der Waals surface area (Å²) in [4.78, 5) is 3.98. The second-order valence-corrected chi connectivity index (χ2v) is 2.62. The Labute approximate surface area is 66.2 Å². The number of hydrogen-bond acceptors (Lipinski definition) is 3. The van der Waals surface area contributed by atoms with Crippen LogP contribution >= 0.6 is 0 Å². The summed E-state index contributed by atoms with van der Waals surface area (Å²) >= 11 is 0. The van der Waals surface area contributed by atoms with E-state index in [1.165, 1.54) is 12.7 Å². The van der Waals surface area contributed by atoms with Crippen molar-refractivity contribution in [1.29, 1.82) is 0 Å². The molecular weight excluding hydrogens is 140 g/mol. The maximum absolute atomic E-state index is 5.79. The van der Waals surface area contributed by atoms with Gasteiger partial charge in [-0.05, 0) is 6.42 Å². The third-order valence-corrected chi connectivity index (χ3v) is 1.65. The molecule has 4 heteroatoms. The summed E-state index contributed by atoms with van der Waals surface area (Å²) in [6.45, 7) is 2.15. The number of aromatic amines is 1. The Bertz CT molecular complexity index is 182. The van der Waals surface area contributed by atoms with Crippen LogP contribution in [0.2, 0.25) is 0 Å². The quantitative estimate of drug-likeness (QED) is 0.679. The molecule has 1 heterocycles. The Morgan fingerprint density at radius 2 is 2.55 bits per heavy atom. The van der Waals surface area contributed by atoms with E-state index in [2.05, 4.69) is 22.1 Å². The summed E-state index contributed by atoms with van der Waals surface area (Å²) in [5, 5.41) is 6.49. The van der Waals surface area contributed by atoms with Crippen LogP contribution in [-0.2, 0) is 0 Å². The van der Waals surface area contributed by atoms with Crippen LogP contribution in [0.4, 0.5) is 0 Å². The summed E-state index contributed by atoms with van der Waals surface area (Å²) < 4.78 is 0. The van der Waals surface area contributed by atoms with E-state index in [9.17, 15) is 0 Å². The molecule has 1 aromatic rings. The zero-order chi connectivity index (χ0) is 8.10. The van der Waals surface area contributed by atoms with Gasteiger partial charge in [-0.1, -0.05) is 19.8 Å². The van der Waals surface area contributed by atoms with E-state index < -0.39 is 0 Å². The fourth-order valence-corrected chi connectivity index (χ4v) is 0.954. The van der Waals surface area contributed by atoms with Crippen molar-refractivity contribution in [1.82, 2.24) is 15.2 Å². The Morgan fingerprint density at radius 3 is 3.09 bits per heavy atom. The minimum Gasteiger partial charge on any atom is -0.321 e. The first-order valence-electron chi connectivity index (χ1n) is 3.95. The first-order chi connectivity index (χ1) is 5.34. The average molecular weight is 154 g/mol. The zero-order valence-corrected chi connectivity index (χ0v) is 6.75. The number of hydrogen-bond donors (Lipinski definition) is 2. The molecule has 0 aliphatic heterocycles. The van der Waals surface area contributed by atoms with E-state index in [1.54, 1.807) is 0 Å². The topological polar surface area (TPSA) is 67.6 Å². The van der Waals surface area contributed by atoms with Gasteiger partial charge in [0, 0.05) is 0 Å². The highest BCUT2D eigenvalue weighted by molar-refractivity contribution is 4.88. The Kier molecular flexibility index (Phi) is 3.04. The SMILES string of the molecule is CCCC[C@H](N)c1ncn[nH]1. The van der Waals surface area contributed by atoms with Crippen LogP contribution in [0, 0.1) is 0 Å². The third kappa shape index (κ3) is 2.31. The second kappa shape index (κ2) is 4.08. The van der Waals surface area contributed by atoms with E-state index >= 15 is 0 Å². The number of rotatable bonds is 4. The first kappa shape index (κ1) is 8.20. The Balaban J connectivity index is 2.36.